The van der Waals surface area contributed by atoms with Gasteiger partial charge in [0.15, 0.2) is 5.82 Å². The number of rotatable bonds is 4. The predicted octanol–water partition coefficient (Wildman–Crippen LogP) is 3.54. The van der Waals surface area contributed by atoms with Crippen molar-refractivity contribution in [3.8, 4) is 28.5 Å². The Hall–Kier alpha value is -2.62. The highest BCUT2D eigenvalue weighted by Gasteiger charge is 2.06. The van der Waals surface area contributed by atoms with Crippen molar-refractivity contribution in [1.29, 1.82) is 0 Å². The summed E-state index contributed by atoms with van der Waals surface area (Å²) in [5, 5.41) is 6.88. The first-order valence-electron chi connectivity index (χ1n) is 6.58. The summed E-state index contributed by atoms with van der Waals surface area (Å²) in [4.78, 5) is 4.28. The summed E-state index contributed by atoms with van der Waals surface area (Å²) >= 11 is 0. The van der Waals surface area contributed by atoms with Crippen molar-refractivity contribution in [3.63, 3.8) is 0 Å². The van der Waals surface area contributed by atoms with Crippen LogP contribution in [0.25, 0.3) is 22.5 Å². The molecule has 4 heteroatoms. The normalized spacial score (nSPS) is 10.4. The second kappa shape index (κ2) is 5.57. The number of aromatic nitrogens is 3. The second-order valence-electron chi connectivity index (χ2n) is 4.34. The molecule has 0 radical (unpaired) electrons. The van der Waals surface area contributed by atoms with Crippen LogP contribution >= 0.6 is 0 Å². The zero-order chi connectivity index (χ0) is 13.8. The molecule has 3 rings (SSSR count). The Morgan fingerprint density at radius 3 is 2.25 bits per heavy atom. The lowest BCUT2D eigenvalue weighted by molar-refractivity contribution is 0.314. The molecular weight excluding hydrogens is 250 g/mol. The van der Waals surface area contributed by atoms with Gasteiger partial charge in [0.2, 0.25) is 0 Å². The van der Waals surface area contributed by atoms with E-state index in [0.717, 1.165) is 5.56 Å². The molecule has 0 amide bonds. The zero-order valence-electron chi connectivity index (χ0n) is 11.2. The second-order valence-corrected chi connectivity index (χ2v) is 4.34. The molecule has 0 saturated heterocycles. The Labute approximate surface area is 117 Å². The minimum Gasteiger partial charge on any atom is -0.463 e. The predicted molar refractivity (Wildman–Crippen MR) is 78.4 cm³/mol. The van der Waals surface area contributed by atoms with E-state index in [1.807, 2.05) is 37.3 Å². The number of hydrogen-bond acceptors (Lipinski definition) is 3. The van der Waals surface area contributed by atoms with Gasteiger partial charge in [-0.25, -0.2) is 0 Å². The van der Waals surface area contributed by atoms with Crippen LogP contribution in [0.15, 0.2) is 54.6 Å². The Morgan fingerprint density at radius 2 is 1.55 bits per heavy atom. The zero-order valence-corrected chi connectivity index (χ0v) is 11.2. The lowest BCUT2D eigenvalue weighted by Crippen LogP contribution is -1.92. The Balaban J connectivity index is 1.85. The molecule has 2 aromatic carbocycles. The minimum absolute atomic E-state index is 0.384. The number of aromatic amines is 1. The van der Waals surface area contributed by atoms with E-state index in [4.69, 9.17) is 4.74 Å². The van der Waals surface area contributed by atoms with Gasteiger partial charge in [-0.15, -0.1) is 5.10 Å². The Bertz CT molecular complexity index is 674. The summed E-state index contributed by atoms with van der Waals surface area (Å²) in [6.07, 6.45) is 0. The molecule has 4 nitrogen and oxygen atoms in total. The van der Waals surface area contributed by atoms with Gasteiger partial charge in [0.1, 0.15) is 0 Å². The Kier molecular flexibility index (Phi) is 3.46. The summed E-state index contributed by atoms with van der Waals surface area (Å²) in [5.41, 5.74) is 3.37. The van der Waals surface area contributed by atoms with E-state index < -0.39 is 0 Å². The van der Waals surface area contributed by atoms with Gasteiger partial charge in [-0.3, -0.25) is 5.10 Å². The van der Waals surface area contributed by atoms with Crippen molar-refractivity contribution < 1.29 is 4.74 Å². The third kappa shape index (κ3) is 2.54. The van der Waals surface area contributed by atoms with Crippen LogP contribution in [-0.4, -0.2) is 21.8 Å². The molecule has 1 heterocycles. The summed E-state index contributed by atoms with van der Waals surface area (Å²) in [5.74, 6) is 0.716. The molecule has 0 atom stereocenters. The van der Waals surface area contributed by atoms with Crippen molar-refractivity contribution in [2.24, 2.45) is 0 Å². The van der Waals surface area contributed by atoms with E-state index in [1.165, 1.54) is 11.1 Å². The Morgan fingerprint density at radius 1 is 0.900 bits per heavy atom. The average Bonchev–Trinajstić information content (AvgIpc) is 2.97. The summed E-state index contributed by atoms with van der Waals surface area (Å²) < 4.78 is 5.25. The van der Waals surface area contributed by atoms with Gasteiger partial charge >= 0.3 is 6.01 Å². The molecule has 20 heavy (non-hydrogen) atoms. The molecule has 100 valence electrons. The highest BCUT2D eigenvalue weighted by atomic mass is 16.5. The number of nitrogens with one attached hydrogen (secondary N) is 1. The quantitative estimate of drug-likeness (QED) is 0.785. The maximum Gasteiger partial charge on any atom is 0.335 e. The van der Waals surface area contributed by atoms with Crippen molar-refractivity contribution >= 4 is 0 Å². The van der Waals surface area contributed by atoms with Gasteiger partial charge in [-0.1, -0.05) is 54.6 Å². The van der Waals surface area contributed by atoms with Crippen LogP contribution in [0.3, 0.4) is 0 Å². The van der Waals surface area contributed by atoms with Crippen LogP contribution < -0.4 is 4.74 Å². The lowest BCUT2D eigenvalue weighted by atomic mass is 10.0. The minimum atomic E-state index is 0.384. The number of benzene rings is 2. The molecule has 0 unspecified atom stereocenters. The lowest BCUT2D eigenvalue weighted by Gasteiger charge is -2.02. The maximum absolute atomic E-state index is 5.25. The monoisotopic (exact) mass is 265 g/mol. The maximum atomic E-state index is 5.25. The first-order chi connectivity index (χ1) is 9.86. The number of ether oxygens (including phenoxy) is 1. The highest BCUT2D eigenvalue weighted by molar-refractivity contribution is 5.67. The van der Waals surface area contributed by atoms with E-state index in [2.05, 4.69) is 39.4 Å². The van der Waals surface area contributed by atoms with Crippen LogP contribution in [0.5, 0.6) is 6.01 Å². The summed E-state index contributed by atoms with van der Waals surface area (Å²) in [7, 11) is 0. The summed E-state index contributed by atoms with van der Waals surface area (Å²) in [6, 6.07) is 18.9. The smallest absolute Gasteiger partial charge is 0.335 e. The van der Waals surface area contributed by atoms with Crippen molar-refractivity contribution in [2.75, 3.05) is 6.61 Å². The number of nitrogens with zero attached hydrogens (tertiary/aromatic N) is 2. The van der Waals surface area contributed by atoms with E-state index >= 15 is 0 Å². The van der Waals surface area contributed by atoms with Crippen molar-refractivity contribution in [3.05, 3.63) is 54.6 Å². The van der Waals surface area contributed by atoms with Crippen LogP contribution in [0.4, 0.5) is 0 Å². The van der Waals surface area contributed by atoms with E-state index in [-0.39, 0.29) is 0 Å². The molecule has 0 bridgehead atoms. The largest absolute Gasteiger partial charge is 0.463 e. The molecule has 0 aliphatic heterocycles. The highest BCUT2D eigenvalue weighted by Crippen LogP contribution is 2.23. The van der Waals surface area contributed by atoms with Crippen molar-refractivity contribution in [2.45, 2.75) is 6.92 Å². The van der Waals surface area contributed by atoms with E-state index in [9.17, 15) is 0 Å². The van der Waals surface area contributed by atoms with Gasteiger partial charge in [0, 0.05) is 5.56 Å². The molecule has 0 aliphatic rings. The first kappa shape index (κ1) is 12.4. The van der Waals surface area contributed by atoms with Crippen LogP contribution in [0.1, 0.15) is 6.92 Å². The van der Waals surface area contributed by atoms with Crippen LogP contribution in [0.2, 0.25) is 0 Å². The van der Waals surface area contributed by atoms with Gasteiger partial charge in [-0.05, 0) is 18.1 Å². The third-order valence-electron chi connectivity index (χ3n) is 3.00. The SMILES string of the molecule is CCOc1n[nH]c(-c2ccc(-c3ccccc3)cc2)n1. The molecule has 1 aromatic heterocycles. The third-order valence-corrected chi connectivity index (χ3v) is 3.00. The fourth-order valence-corrected chi connectivity index (χ4v) is 2.02. The molecule has 3 aromatic rings. The average molecular weight is 265 g/mol. The van der Waals surface area contributed by atoms with Crippen molar-refractivity contribution in [1.82, 2.24) is 15.2 Å². The van der Waals surface area contributed by atoms with Gasteiger partial charge in [0.25, 0.3) is 0 Å². The van der Waals surface area contributed by atoms with Gasteiger partial charge in [0.05, 0.1) is 6.61 Å². The standard InChI is InChI=1S/C16H15N3O/c1-2-20-16-17-15(18-19-16)14-10-8-13(9-11-14)12-6-4-3-5-7-12/h3-11H,2H2,1H3,(H,17,18,19). The van der Waals surface area contributed by atoms with Crippen LogP contribution in [0, 0.1) is 0 Å². The molecule has 0 saturated carbocycles. The molecule has 0 aliphatic carbocycles. The summed E-state index contributed by atoms with van der Waals surface area (Å²) in [6.45, 7) is 2.47. The van der Waals surface area contributed by atoms with E-state index in [0.29, 0.717) is 18.4 Å². The first-order valence-corrected chi connectivity index (χ1v) is 6.58. The number of H-pyrrole nitrogens is 1. The molecule has 0 fully saturated rings. The van der Waals surface area contributed by atoms with E-state index in [1.54, 1.807) is 0 Å². The molecule has 1 N–H and O–H groups in total. The van der Waals surface area contributed by atoms with Gasteiger partial charge < -0.3 is 4.74 Å². The topological polar surface area (TPSA) is 50.8 Å². The molecule has 0 spiro atoms. The fourth-order valence-electron chi connectivity index (χ4n) is 2.02. The van der Waals surface area contributed by atoms with Crippen LogP contribution in [-0.2, 0) is 0 Å². The fraction of sp³-hybridized carbons (Fsp3) is 0.125. The number of hydrogen-bond donors (Lipinski definition) is 1. The van der Waals surface area contributed by atoms with Gasteiger partial charge in [-0.2, -0.15) is 4.98 Å². The molecular formula is C16H15N3O.